The Balaban J connectivity index is 1.49. The van der Waals surface area contributed by atoms with Crippen LogP contribution in [0.5, 0.6) is 11.6 Å². The predicted octanol–water partition coefficient (Wildman–Crippen LogP) is 3.49. The van der Waals surface area contributed by atoms with Crippen LogP contribution in [-0.2, 0) is 0 Å². The molecule has 1 aromatic carbocycles. The van der Waals surface area contributed by atoms with Gasteiger partial charge in [-0.3, -0.25) is 9.89 Å². The van der Waals surface area contributed by atoms with Crippen LogP contribution < -0.4 is 9.47 Å². The lowest BCUT2D eigenvalue weighted by molar-refractivity contribution is 0.0729. The molecule has 180 valence electrons. The molecule has 1 saturated heterocycles. The number of aromatic nitrogens is 7. The molecule has 1 aliphatic rings. The van der Waals surface area contributed by atoms with Crippen LogP contribution in [0.25, 0.3) is 17.1 Å². The van der Waals surface area contributed by atoms with E-state index in [1.54, 1.807) is 29.3 Å². The first-order valence-electron chi connectivity index (χ1n) is 11.2. The van der Waals surface area contributed by atoms with Crippen molar-refractivity contribution in [3.63, 3.8) is 0 Å². The largest absolute Gasteiger partial charge is 0.495 e. The molecule has 1 atom stereocenters. The summed E-state index contributed by atoms with van der Waals surface area (Å²) >= 11 is 6.35. The van der Waals surface area contributed by atoms with E-state index in [2.05, 4.69) is 25.4 Å². The summed E-state index contributed by atoms with van der Waals surface area (Å²) in [6.07, 6.45) is 6.30. The van der Waals surface area contributed by atoms with Crippen LogP contribution in [0.4, 0.5) is 0 Å². The fraction of sp³-hybridized carbons (Fsp3) is 0.304. The number of amides is 1. The van der Waals surface area contributed by atoms with Crippen molar-refractivity contribution in [1.29, 1.82) is 0 Å². The number of hydrogen-bond acceptors (Lipinski definition) is 8. The quantitative estimate of drug-likeness (QED) is 0.414. The highest BCUT2D eigenvalue weighted by atomic mass is 35.5. The van der Waals surface area contributed by atoms with Crippen LogP contribution in [0, 0.1) is 0 Å². The van der Waals surface area contributed by atoms with Gasteiger partial charge in [0.25, 0.3) is 5.91 Å². The average molecular weight is 495 g/mol. The third-order valence-electron chi connectivity index (χ3n) is 5.76. The number of likely N-dealkylation sites (tertiary alicyclic amines) is 1. The van der Waals surface area contributed by atoms with Crippen molar-refractivity contribution in [1.82, 2.24) is 40.1 Å². The first-order valence-corrected chi connectivity index (χ1v) is 11.5. The molecule has 12 heteroatoms. The van der Waals surface area contributed by atoms with Crippen LogP contribution in [0.3, 0.4) is 0 Å². The van der Waals surface area contributed by atoms with E-state index in [9.17, 15) is 4.79 Å². The van der Waals surface area contributed by atoms with E-state index in [0.717, 1.165) is 12.8 Å². The molecule has 0 saturated carbocycles. The Bertz CT molecular complexity index is 1340. The lowest BCUT2D eigenvalue weighted by Gasteiger charge is -2.24. The van der Waals surface area contributed by atoms with Crippen LogP contribution in [0.2, 0.25) is 5.02 Å². The van der Waals surface area contributed by atoms with Crippen molar-refractivity contribution in [2.24, 2.45) is 0 Å². The summed E-state index contributed by atoms with van der Waals surface area (Å²) < 4.78 is 11.0. The van der Waals surface area contributed by atoms with Crippen molar-refractivity contribution in [2.45, 2.75) is 25.8 Å². The molecule has 1 fully saturated rings. The Hall–Kier alpha value is -3.99. The second kappa shape index (κ2) is 9.71. The zero-order valence-electron chi connectivity index (χ0n) is 19.2. The molecule has 4 aromatic rings. The summed E-state index contributed by atoms with van der Waals surface area (Å²) in [6, 6.07) is 6.62. The van der Waals surface area contributed by atoms with Gasteiger partial charge in [0.1, 0.15) is 17.3 Å². The molecule has 0 unspecified atom stereocenters. The molecule has 1 N–H and O–H groups in total. The molecule has 0 aliphatic carbocycles. The number of carbonyl (C=O) groups is 1. The van der Waals surface area contributed by atoms with Crippen LogP contribution in [0.1, 0.15) is 42.0 Å². The van der Waals surface area contributed by atoms with Gasteiger partial charge in [0, 0.05) is 12.7 Å². The Labute approximate surface area is 206 Å². The third-order valence-corrected chi connectivity index (χ3v) is 6.06. The molecule has 0 bridgehead atoms. The van der Waals surface area contributed by atoms with Gasteiger partial charge < -0.3 is 14.4 Å². The van der Waals surface area contributed by atoms with Gasteiger partial charge in [-0.2, -0.15) is 20.1 Å². The molecule has 11 nitrogen and oxygen atoms in total. The Morgan fingerprint density at radius 3 is 2.86 bits per heavy atom. The fourth-order valence-electron chi connectivity index (χ4n) is 4.18. The number of hydrogen-bond donors (Lipinski definition) is 1. The lowest BCUT2D eigenvalue weighted by Crippen LogP contribution is -2.32. The van der Waals surface area contributed by atoms with Crippen LogP contribution in [0.15, 0.2) is 42.9 Å². The number of ether oxygens (including phenoxy) is 2. The zero-order chi connectivity index (χ0) is 24.4. The highest BCUT2D eigenvalue weighted by Gasteiger charge is 2.35. The van der Waals surface area contributed by atoms with Gasteiger partial charge in [-0.15, -0.1) is 0 Å². The van der Waals surface area contributed by atoms with E-state index in [1.807, 2.05) is 13.0 Å². The van der Waals surface area contributed by atoms with Gasteiger partial charge >= 0.3 is 0 Å². The normalized spacial score (nSPS) is 15.4. The van der Waals surface area contributed by atoms with Gasteiger partial charge in [-0.25, -0.2) is 9.97 Å². The van der Waals surface area contributed by atoms with Crippen molar-refractivity contribution in [3.05, 3.63) is 59.3 Å². The number of rotatable bonds is 7. The van der Waals surface area contributed by atoms with E-state index in [4.69, 9.17) is 26.1 Å². The maximum Gasteiger partial charge on any atom is 0.256 e. The Morgan fingerprint density at radius 2 is 2.09 bits per heavy atom. The zero-order valence-corrected chi connectivity index (χ0v) is 19.9. The fourth-order valence-corrected chi connectivity index (χ4v) is 4.42. The molecule has 1 amide bonds. The molecule has 35 heavy (non-hydrogen) atoms. The number of aromatic amines is 1. The number of nitrogens with one attached hydrogen (secondary N) is 1. The van der Waals surface area contributed by atoms with E-state index in [1.165, 1.54) is 24.3 Å². The lowest BCUT2D eigenvalue weighted by atomic mass is 10.1. The number of carbonyl (C=O) groups excluding carboxylic acids is 1. The second-order valence-electron chi connectivity index (χ2n) is 7.81. The van der Waals surface area contributed by atoms with E-state index < -0.39 is 0 Å². The Morgan fingerprint density at radius 1 is 1.26 bits per heavy atom. The molecular formula is C23H23ClN8O3. The number of pyridine rings is 1. The summed E-state index contributed by atoms with van der Waals surface area (Å²) in [6.45, 7) is 2.93. The van der Waals surface area contributed by atoms with E-state index in [-0.39, 0.29) is 11.9 Å². The number of benzene rings is 1. The number of H-pyrrole nitrogens is 1. The topological polar surface area (TPSA) is 124 Å². The Kier molecular flexibility index (Phi) is 6.32. The van der Waals surface area contributed by atoms with Crippen LogP contribution >= 0.6 is 11.6 Å². The van der Waals surface area contributed by atoms with Gasteiger partial charge in [0.05, 0.1) is 48.3 Å². The highest BCUT2D eigenvalue weighted by molar-refractivity contribution is 6.32. The minimum atomic E-state index is -0.281. The smallest absolute Gasteiger partial charge is 0.256 e. The monoisotopic (exact) mass is 494 g/mol. The van der Waals surface area contributed by atoms with Gasteiger partial charge in [0.2, 0.25) is 5.88 Å². The first kappa shape index (κ1) is 22.8. The van der Waals surface area contributed by atoms with E-state index in [0.29, 0.717) is 58.3 Å². The highest BCUT2D eigenvalue weighted by Crippen LogP contribution is 2.36. The molecule has 1 aliphatic heterocycles. The van der Waals surface area contributed by atoms with Crippen molar-refractivity contribution in [2.75, 3.05) is 20.3 Å². The van der Waals surface area contributed by atoms with Crippen molar-refractivity contribution in [3.8, 4) is 28.7 Å². The maximum atomic E-state index is 13.8. The summed E-state index contributed by atoms with van der Waals surface area (Å²) in [5.41, 5.74) is 1.52. The standard InChI is InChI=1S/C23H23ClN8O3/c1-3-35-22-14(6-4-8-25-22)20-28-21(30-29-20)17-7-5-11-31(17)23(33)15-12-19(34-2)16(24)13-18(15)32-26-9-10-27-32/h4,6,8-10,12-13,17H,3,5,7,11H2,1-2H3,(H,28,29,30)/t17-/m0/s1. The summed E-state index contributed by atoms with van der Waals surface area (Å²) in [5.74, 6) is 1.71. The van der Waals surface area contributed by atoms with Gasteiger partial charge in [0.15, 0.2) is 5.82 Å². The van der Waals surface area contributed by atoms with Gasteiger partial charge in [-0.1, -0.05) is 11.6 Å². The van der Waals surface area contributed by atoms with Crippen LogP contribution in [-0.4, -0.2) is 66.2 Å². The maximum absolute atomic E-state index is 13.8. The van der Waals surface area contributed by atoms with E-state index >= 15 is 0 Å². The van der Waals surface area contributed by atoms with Gasteiger partial charge in [-0.05, 0) is 44.0 Å². The summed E-state index contributed by atoms with van der Waals surface area (Å²) in [5, 5.41) is 16.1. The molecule has 3 aromatic heterocycles. The number of nitrogens with zero attached hydrogens (tertiary/aromatic N) is 7. The SMILES string of the molecule is CCOc1ncccc1-c1n[nH]c([C@@H]2CCCN2C(=O)c2cc(OC)c(Cl)cc2-n2nccn2)n1. The molecule has 0 spiro atoms. The molecule has 0 radical (unpaired) electrons. The average Bonchev–Trinajstić information content (AvgIpc) is 3.65. The number of methoxy groups -OCH3 is 1. The molecular weight excluding hydrogens is 472 g/mol. The predicted molar refractivity (Wildman–Crippen MR) is 127 cm³/mol. The summed E-state index contributed by atoms with van der Waals surface area (Å²) in [4.78, 5) is 25.9. The summed E-state index contributed by atoms with van der Waals surface area (Å²) in [7, 11) is 1.50. The molecule has 4 heterocycles. The third kappa shape index (κ3) is 4.30. The molecule has 5 rings (SSSR count). The number of halogens is 1. The first-order chi connectivity index (χ1) is 17.1. The second-order valence-corrected chi connectivity index (χ2v) is 8.22. The minimum Gasteiger partial charge on any atom is -0.495 e. The van der Waals surface area contributed by atoms with Crippen molar-refractivity contribution >= 4 is 17.5 Å². The minimum absolute atomic E-state index is 0.205. The van der Waals surface area contributed by atoms with Crippen molar-refractivity contribution < 1.29 is 14.3 Å².